The molecule has 0 aromatic carbocycles. The van der Waals surface area contributed by atoms with Crippen LogP contribution in [0.4, 0.5) is 0 Å². The second-order valence-corrected chi connectivity index (χ2v) is 9.65. The Morgan fingerprint density at radius 2 is 0.944 bits per heavy atom. The highest BCUT2D eigenvalue weighted by atomic mass is 16.7. The maximum Gasteiger partial charge on any atom is 0.187 e. The molecule has 15 nitrogen and oxygen atoms in total. The lowest BCUT2D eigenvalue weighted by Gasteiger charge is -2.48. The number of ether oxygens (including phenoxy) is 5. The molecule has 15 atom stereocenters. The van der Waals surface area contributed by atoms with Gasteiger partial charge in [-0.3, -0.25) is 0 Å². The van der Waals surface area contributed by atoms with Crippen molar-refractivity contribution in [3.63, 3.8) is 0 Å². The van der Waals surface area contributed by atoms with Gasteiger partial charge in [0.05, 0.1) is 25.9 Å². The van der Waals surface area contributed by atoms with E-state index < -0.39 is 112 Å². The van der Waals surface area contributed by atoms with Crippen molar-refractivity contribution in [2.45, 2.75) is 106 Å². The predicted molar refractivity (Wildman–Crippen MR) is 114 cm³/mol. The summed E-state index contributed by atoms with van der Waals surface area (Å²) < 4.78 is 27.5. The third-order valence-corrected chi connectivity index (χ3v) is 6.81. The average molecular weight is 531 g/mol. The fourth-order valence-corrected chi connectivity index (χ4v) is 4.66. The molecule has 0 aromatic heterocycles. The smallest absolute Gasteiger partial charge is 0.187 e. The molecular formula is C21H38O15. The molecule has 0 radical (unpaired) electrons. The normalized spacial score (nSPS) is 50.4. The van der Waals surface area contributed by atoms with Crippen LogP contribution >= 0.6 is 0 Å². The molecule has 3 aliphatic heterocycles. The lowest BCUT2D eigenvalue weighted by molar-refractivity contribution is -0.373. The Balaban J connectivity index is 1.72. The summed E-state index contributed by atoms with van der Waals surface area (Å²) in [5.41, 5.74) is 0. The highest BCUT2D eigenvalue weighted by Crippen LogP contribution is 2.33. The van der Waals surface area contributed by atoms with Gasteiger partial charge in [0.15, 0.2) is 12.6 Å². The molecule has 0 aliphatic carbocycles. The molecule has 0 saturated carbocycles. The molecule has 36 heavy (non-hydrogen) atoms. The number of rotatable bonds is 8. The van der Waals surface area contributed by atoms with E-state index in [4.69, 9.17) is 23.7 Å². The lowest BCUT2D eigenvalue weighted by atomic mass is 9.89. The Labute approximate surface area is 207 Å². The Kier molecular flexibility index (Phi) is 10.4. The molecule has 3 saturated heterocycles. The van der Waals surface area contributed by atoms with Crippen molar-refractivity contribution < 1.29 is 74.7 Å². The average Bonchev–Trinajstić information content (AvgIpc) is 2.86. The quantitative estimate of drug-likeness (QED) is 0.140. The van der Waals surface area contributed by atoms with Gasteiger partial charge in [0.2, 0.25) is 0 Å². The molecule has 7 unspecified atom stereocenters. The van der Waals surface area contributed by atoms with Crippen LogP contribution in [0.5, 0.6) is 0 Å². The van der Waals surface area contributed by atoms with Gasteiger partial charge in [-0.1, -0.05) is 13.8 Å². The van der Waals surface area contributed by atoms with Crippen molar-refractivity contribution in [3.05, 3.63) is 0 Å². The highest BCUT2D eigenvalue weighted by molar-refractivity contribution is 4.97. The first-order valence-electron chi connectivity index (χ1n) is 11.8. The summed E-state index contributed by atoms with van der Waals surface area (Å²) in [6.45, 7) is 1.40. The summed E-state index contributed by atoms with van der Waals surface area (Å²) in [7, 11) is 0. The van der Waals surface area contributed by atoms with Crippen LogP contribution in [-0.2, 0) is 23.7 Å². The van der Waals surface area contributed by atoms with Gasteiger partial charge in [0.1, 0.15) is 73.2 Å². The summed E-state index contributed by atoms with van der Waals surface area (Å²) in [5, 5.41) is 101. The zero-order chi connectivity index (χ0) is 26.9. The zero-order valence-corrected chi connectivity index (χ0v) is 19.9. The minimum Gasteiger partial charge on any atom is -0.394 e. The van der Waals surface area contributed by atoms with Gasteiger partial charge in [-0.15, -0.1) is 0 Å². The van der Waals surface area contributed by atoms with E-state index in [2.05, 4.69) is 0 Å². The van der Waals surface area contributed by atoms with Crippen LogP contribution < -0.4 is 0 Å². The maximum atomic E-state index is 10.7. The zero-order valence-electron chi connectivity index (χ0n) is 19.9. The van der Waals surface area contributed by atoms with Gasteiger partial charge >= 0.3 is 0 Å². The second-order valence-electron chi connectivity index (χ2n) is 9.65. The molecule has 3 aliphatic rings. The third-order valence-electron chi connectivity index (χ3n) is 6.81. The van der Waals surface area contributed by atoms with Gasteiger partial charge in [0.25, 0.3) is 0 Å². The predicted octanol–water partition coefficient (Wildman–Crippen LogP) is -5.87. The van der Waals surface area contributed by atoms with Crippen molar-refractivity contribution in [1.29, 1.82) is 0 Å². The minimum absolute atomic E-state index is 0.206. The van der Waals surface area contributed by atoms with E-state index in [-0.39, 0.29) is 5.92 Å². The van der Waals surface area contributed by atoms with Crippen LogP contribution in [0.25, 0.3) is 0 Å². The van der Waals surface area contributed by atoms with E-state index >= 15 is 0 Å². The molecule has 3 heterocycles. The first kappa shape index (κ1) is 29.9. The largest absolute Gasteiger partial charge is 0.394 e. The molecule has 0 bridgehead atoms. The van der Waals surface area contributed by atoms with E-state index in [1.54, 1.807) is 13.8 Å². The molecule has 0 aromatic rings. The van der Waals surface area contributed by atoms with Crippen LogP contribution in [0.1, 0.15) is 13.8 Å². The fraction of sp³-hybridized carbons (Fsp3) is 1.00. The van der Waals surface area contributed by atoms with Crippen LogP contribution in [-0.4, -0.2) is 163 Å². The first-order valence-corrected chi connectivity index (χ1v) is 11.8. The third kappa shape index (κ3) is 5.85. The van der Waals surface area contributed by atoms with Crippen molar-refractivity contribution in [2.24, 2.45) is 5.92 Å². The summed E-state index contributed by atoms with van der Waals surface area (Å²) in [4.78, 5) is 0. The van der Waals surface area contributed by atoms with E-state index in [1.165, 1.54) is 0 Å². The number of hydrogen-bond donors (Lipinski definition) is 10. The number of aliphatic hydroxyl groups is 10. The molecule has 0 spiro atoms. The Morgan fingerprint density at radius 3 is 1.42 bits per heavy atom. The minimum atomic E-state index is -1.85. The number of hydrogen-bond acceptors (Lipinski definition) is 15. The topological polar surface area (TPSA) is 248 Å². The molecule has 10 N–H and O–H groups in total. The molecule has 0 amide bonds. The maximum absolute atomic E-state index is 10.7. The Bertz CT molecular complexity index is 678. The van der Waals surface area contributed by atoms with Crippen LogP contribution in [0.2, 0.25) is 0 Å². The van der Waals surface area contributed by atoms with Crippen LogP contribution in [0.3, 0.4) is 0 Å². The summed E-state index contributed by atoms with van der Waals surface area (Å²) in [5.74, 6) is -0.206. The summed E-state index contributed by atoms with van der Waals surface area (Å²) in [6, 6.07) is 0. The van der Waals surface area contributed by atoms with Crippen molar-refractivity contribution >= 4 is 0 Å². The van der Waals surface area contributed by atoms with Gasteiger partial charge in [-0.25, -0.2) is 0 Å². The molecule has 15 heteroatoms. The van der Waals surface area contributed by atoms with Crippen molar-refractivity contribution in [2.75, 3.05) is 19.8 Å². The van der Waals surface area contributed by atoms with Crippen LogP contribution in [0.15, 0.2) is 0 Å². The van der Waals surface area contributed by atoms with Gasteiger partial charge < -0.3 is 74.7 Å². The van der Waals surface area contributed by atoms with Crippen molar-refractivity contribution in [1.82, 2.24) is 0 Å². The van der Waals surface area contributed by atoms with Gasteiger partial charge in [0, 0.05) is 0 Å². The van der Waals surface area contributed by atoms with E-state index in [0.29, 0.717) is 0 Å². The lowest BCUT2D eigenvalue weighted by Crippen LogP contribution is -2.66. The monoisotopic (exact) mass is 530 g/mol. The summed E-state index contributed by atoms with van der Waals surface area (Å²) in [6.07, 6.45) is -22.7. The van der Waals surface area contributed by atoms with Crippen LogP contribution in [0, 0.1) is 5.92 Å². The summed E-state index contributed by atoms with van der Waals surface area (Å²) >= 11 is 0. The van der Waals surface area contributed by atoms with E-state index in [9.17, 15) is 51.1 Å². The Hall–Kier alpha value is -0.600. The van der Waals surface area contributed by atoms with Gasteiger partial charge in [-0.2, -0.15) is 0 Å². The molecular weight excluding hydrogens is 492 g/mol. The SMILES string of the molecule is CC(C)C1OC(CO)[C@H](O[C@@H]2OC(CO)[C@H](O[C@@H]3OC(CO)[C@H](O)[C@H](O)C3O)[C@H](O)C2O)[C@H](O)C1O. The number of aliphatic hydroxyl groups excluding tert-OH is 10. The standard InChI is InChI=1S/C21H38O15/c1-6(2)17-12(27)13(28)18(8(4-23)32-17)35-21-16(31)14(29)19(9(5-24)34-21)36-20-15(30)11(26)10(25)7(3-22)33-20/h6-31H,3-5H2,1-2H3/t7?,8?,9?,10-,11-,12?,13+,14+,15?,16?,17?,18-,19-,20-,21-/m0/s1. The van der Waals surface area contributed by atoms with Gasteiger partial charge in [-0.05, 0) is 5.92 Å². The molecule has 212 valence electrons. The van der Waals surface area contributed by atoms with Crippen molar-refractivity contribution in [3.8, 4) is 0 Å². The second kappa shape index (κ2) is 12.5. The van der Waals surface area contributed by atoms with E-state index in [1.807, 2.05) is 0 Å². The molecule has 3 rings (SSSR count). The highest BCUT2D eigenvalue weighted by Gasteiger charge is 2.53. The molecule has 3 fully saturated rings. The fourth-order valence-electron chi connectivity index (χ4n) is 4.66. The van der Waals surface area contributed by atoms with E-state index in [0.717, 1.165) is 0 Å². The Morgan fingerprint density at radius 1 is 0.528 bits per heavy atom. The first-order chi connectivity index (χ1) is 17.0.